The van der Waals surface area contributed by atoms with Gasteiger partial charge in [0.25, 0.3) is 5.91 Å². The number of anilines is 1. The Balaban J connectivity index is 1.56. The number of nitrogens with zero attached hydrogens (tertiary/aromatic N) is 1. The van der Waals surface area contributed by atoms with Crippen LogP contribution in [0.25, 0.3) is 0 Å². The van der Waals surface area contributed by atoms with E-state index in [1.54, 1.807) is 17.4 Å². The molecule has 1 aromatic carbocycles. The molecule has 2 amide bonds. The highest BCUT2D eigenvalue weighted by Crippen LogP contribution is 2.18. The molecular formula is C21H27N3O2S. The zero-order chi connectivity index (χ0) is 19.2. The van der Waals surface area contributed by atoms with Crippen LogP contribution in [0.4, 0.5) is 5.69 Å². The van der Waals surface area contributed by atoms with Crippen molar-refractivity contribution in [3.8, 4) is 0 Å². The molecule has 0 radical (unpaired) electrons. The van der Waals surface area contributed by atoms with Gasteiger partial charge in [0.1, 0.15) is 0 Å². The van der Waals surface area contributed by atoms with Crippen molar-refractivity contribution in [2.75, 3.05) is 18.4 Å². The van der Waals surface area contributed by atoms with Gasteiger partial charge in [-0.1, -0.05) is 12.1 Å². The van der Waals surface area contributed by atoms with Gasteiger partial charge in [-0.3, -0.25) is 9.59 Å². The minimum Gasteiger partial charge on any atom is -0.333 e. The summed E-state index contributed by atoms with van der Waals surface area (Å²) in [7, 11) is 0. The molecule has 0 aliphatic carbocycles. The Morgan fingerprint density at radius 1 is 1.26 bits per heavy atom. The van der Waals surface area contributed by atoms with Gasteiger partial charge in [-0.2, -0.15) is 0 Å². The summed E-state index contributed by atoms with van der Waals surface area (Å²) in [5, 5.41) is 8.36. The van der Waals surface area contributed by atoms with Gasteiger partial charge < -0.3 is 15.5 Å². The van der Waals surface area contributed by atoms with E-state index in [1.165, 1.54) is 4.88 Å². The summed E-state index contributed by atoms with van der Waals surface area (Å²) >= 11 is 1.72. The number of nitrogens with one attached hydrogen (secondary N) is 2. The maximum Gasteiger partial charge on any atom is 0.254 e. The lowest BCUT2D eigenvalue weighted by Crippen LogP contribution is -2.57. The predicted molar refractivity (Wildman–Crippen MR) is 110 cm³/mol. The normalized spacial score (nSPS) is 19.7. The van der Waals surface area contributed by atoms with Crippen LogP contribution in [0.2, 0.25) is 0 Å². The van der Waals surface area contributed by atoms with Crippen molar-refractivity contribution in [3.05, 3.63) is 52.2 Å². The fourth-order valence-electron chi connectivity index (χ4n) is 3.34. The monoisotopic (exact) mass is 385 g/mol. The molecule has 2 unspecified atom stereocenters. The van der Waals surface area contributed by atoms with Gasteiger partial charge in [-0.15, -0.1) is 11.3 Å². The number of carbonyl (C=O) groups excluding carboxylic acids is 2. The first-order valence-corrected chi connectivity index (χ1v) is 10.4. The van der Waals surface area contributed by atoms with Crippen molar-refractivity contribution in [1.82, 2.24) is 10.2 Å². The maximum atomic E-state index is 12.9. The first kappa shape index (κ1) is 19.6. The minimum atomic E-state index is -0.0136. The van der Waals surface area contributed by atoms with Gasteiger partial charge in [-0.05, 0) is 56.3 Å². The molecule has 6 heteroatoms. The Morgan fingerprint density at radius 3 is 2.89 bits per heavy atom. The fourth-order valence-corrected chi connectivity index (χ4v) is 4.09. The summed E-state index contributed by atoms with van der Waals surface area (Å²) in [6.07, 6.45) is 2.21. The smallest absolute Gasteiger partial charge is 0.254 e. The molecule has 2 aromatic rings. The van der Waals surface area contributed by atoms with Crippen LogP contribution in [0.5, 0.6) is 0 Å². The van der Waals surface area contributed by atoms with Gasteiger partial charge in [0.2, 0.25) is 5.91 Å². The number of aryl methyl sites for hydroxylation is 1. The van der Waals surface area contributed by atoms with E-state index in [9.17, 15) is 9.59 Å². The number of amides is 2. The molecule has 0 bridgehead atoms. The molecule has 1 fully saturated rings. The molecule has 1 aliphatic rings. The van der Waals surface area contributed by atoms with Gasteiger partial charge in [0, 0.05) is 47.7 Å². The van der Waals surface area contributed by atoms with E-state index in [0.29, 0.717) is 24.2 Å². The first-order chi connectivity index (χ1) is 13.0. The van der Waals surface area contributed by atoms with Crippen molar-refractivity contribution in [2.45, 2.75) is 45.2 Å². The number of hydrogen-bond donors (Lipinski definition) is 2. The van der Waals surface area contributed by atoms with Crippen LogP contribution in [0.15, 0.2) is 41.8 Å². The molecule has 144 valence electrons. The summed E-state index contributed by atoms with van der Waals surface area (Å²) in [6, 6.07) is 11.8. The number of benzene rings is 1. The summed E-state index contributed by atoms with van der Waals surface area (Å²) in [4.78, 5) is 28.3. The number of hydrogen-bond acceptors (Lipinski definition) is 4. The molecule has 2 atom stereocenters. The van der Waals surface area contributed by atoms with E-state index in [1.807, 2.05) is 29.2 Å². The second-order valence-corrected chi connectivity index (χ2v) is 8.08. The maximum absolute atomic E-state index is 12.9. The standard InChI is InChI=1S/C21H27N3O2S/c1-15-16(2)24(12-11-22-15)21(26)17-6-3-7-18(14-17)23-20(25)10-4-8-19-9-5-13-27-19/h3,5-7,9,13-16,22H,4,8,10-12H2,1-2H3,(H,23,25). The average Bonchev–Trinajstić information content (AvgIpc) is 3.17. The van der Waals surface area contributed by atoms with Crippen LogP contribution >= 0.6 is 11.3 Å². The Kier molecular flexibility index (Phi) is 6.63. The van der Waals surface area contributed by atoms with E-state index in [-0.39, 0.29) is 23.9 Å². The van der Waals surface area contributed by atoms with E-state index in [2.05, 4.69) is 35.9 Å². The minimum absolute atomic E-state index is 0.0136. The molecule has 1 saturated heterocycles. The molecular weight excluding hydrogens is 358 g/mol. The molecule has 1 aromatic heterocycles. The van der Waals surface area contributed by atoms with Gasteiger partial charge in [0.15, 0.2) is 0 Å². The van der Waals surface area contributed by atoms with Crippen LogP contribution in [0.1, 0.15) is 41.9 Å². The Hall–Kier alpha value is -2.18. The quantitative estimate of drug-likeness (QED) is 0.800. The highest BCUT2D eigenvalue weighted by atomic mass is 32.1. The lowest BCUT2D eigenvalue weighted by molar-refractivity contribution is -0.116. The van der Waals surface area contributed by atoms with Crippen LogP contribution in [0.3, 0.4) is 0 Å². The lowest BCUT2D eigenvalue weighted by Gasteiger charge is -2.38. The number of thiophene rings is 1. The Bertz CT molecular complexity index is 775. The lowest BCUT2D eigenvalue weighted by atomic mass is 10.0. The largest absolute Gasteiger partial charge is 0.333 e. The van der Waals surface area contributed by atoms with Crippen LogP contribution < -0.4 is 10.6 Å². The molecule has 1 aliphatic heterocycles. The highest BCUT2D eigenvalue weighted by Gasteiger charge is 2.28. The number of rotatable bonds is 6. The van der Waals surface area contributed by atoms with Gasteiger partial charge >= 0.3 is 0 Å². The zero-order valence-electron chi connectivity index (χ0n) is 15.9. The van der Waals surface area contributed by atoms with Crippen LogP contribution in [-0.2, 0) is 11.2 Å². The van der Waals surface area contributed by atoms with Crippen molar-refractivity contribution >= 4 is 28.8 Å². The second-order valence-electron chi connectivity index (χ2n) is 7.04. The van der Waals surface area contributed by atoms with Crippen LogP contribution in [-0.4, -0.2) is 41.9 Å². The SMILES string of the molecule is CC1NCCN(C(=O)c2cccc(NC(=O)CCCc3cccs3)c2)C1C. The summed E-state index contributed by atoms with van der Waals surface area (Å²) in [5.41, 5.74) is 1.30. The zero-order valence-corrected chi connectivity index (χ0v) is 16.7. The molecule has 27 heavy (non-hydrogen) atoms. The van der Waals surface area contributed by atoms with Crippen molar-refractivity contribution in [2.24, 2.45) is 0 Å². The molecule has 3 rings (SSSR count). The molecule has 5 nitrogen and oxygen atoms in total. The fraction of sp³-hybridized carbons (Fsp3) is 0.429. The van der Waals surface area contributed by atoms with Gasteiger partial charge in [-0.25, -0.2) is 0 Å². The number of carbonyl (C=O) groups is 2. The predicted octanol–water partition coefficient (Wildman–Crippen LogP) is 3.53. The molecule has 0 saturated carbocycles. The van der Waals surface area contributed by atoms with E-state index >= 15 is 0 Å². The Morgan fingerprint density at radius 2 is 2.11 bits per heavy atom. The van der Waals surface area contributed by atoms with Crippen molar-refractivity contribution < 1.29 is 9.59 Å². The molecule has 2 heterocycles. The third-order valence-electron chi connectivity index (χ3n) is 5.10. The molecule has 0 spiro atoms. The van der Waals surface area contributed by atoms with Crippen molar-refractivity contribution in [3.63, 3.8) is 0 Å². The van der Waals surface area contributed by atoms with Crippen LogP contribution in [0, 0.1) is 0 Å². The van der Waals surface area contributed by atoms with E-state index < -0.39 is 0 Å². The molecule has 2 N–H and O–H groups in total. The van der Waals surface area contributed by atoms with Gasteiger partial charge in [0.05, 0.1) is 0 Å². The van der Waals surface area contributed by atoms with E-state index in [4.69, 9.17) is 0 Å². The third-order valence-corrected chi connectivity index (χ3v) is 6.03. The first-order valence-electron chi connectivity index (χ1n) is 9.51. The number of piperazine rings is 1. The highest BCUT2D eigenvalue weighted by molar-refractivity contribution is 7.09. The second kappa shape index (κ2) is 9.15. The summed E-state index contributed by atoms with van der Waals surface area (Å²) in [6.45, 7) is 5.66. The Labute approximate surface area is 164 Å². The van der Waals surface area contributed by atoms with E-state index in [0.717, 1.165) is 19.4 Å². The topological polar surface area (TPSA) is 61.4 Å². The third kappa shape index (κ3) is 5.17. The average molecular weight is 386 g/mol. The summed E-state index contributed by atoms with van der Waals surface area (Å²) < 4.78 is 0. The summed E-state index contributed by atoms with van der Waals surface area (Å²) in [5.74, 6) is 0.00459. The van der Waals surface area contributed by atoms with Crippen molar-refractivity contribution in [1.29, 1.82) is 0 Å².